The van der Waals surface area contributed by atoms with E-state index in [-0.39, 0.29) is 12.0 Å². The molecule has 0 fully saturated rings. The number of hydrogen-bond acceptors (Lipinski definition) is 5. The van der Waals surface area contributed by atoms with E-state index in [1.807, 2.05) is 43.9 Å². The van der Waals surface area contributed by atoms with Crippen molar-refractivity contribution < 1.29 is 9.90 Å². The SMILES string of the molecule is CC(C)C1=C(C(=O)O)SC2=N[C@@](C)(c3ccc(Cl)nc3)[C@@H](c3ccc(Cl)c(Cl)c3)N21. The van der Waals surface area contributed by atoms with E-state index in [0.717, 1.165) is 16.8 Å². The summed E-state index contributed by atoms with van der Waals surface area (Å²) >= 11 is 19.7. The zero-order valence-electron chi connectivity index (χ0n) is 16.4. The number of carboxylic acid groups (broad SMARTS) is 1. The summed E-state index contributed by atoms with van der Waals surface area (Å²) in [5, 5.41) is 11.7. The maximum Gasteiger partial charge on any atom is 0.344 e. The van der Waals surface area contributed by atoms with E-state index in [2.05, 4.69) is 4.98 Å². The first-order chi connectivity index (χ1) is 14.1. The second-order valence-electron chi connectivity index (χ2n) is 7.63. The molecule has 0 unspecified atom stereocenters. The van der Waals surface area contributed by atoms with Gasteiger partial charge in [0.1, 0.15) is 15.6 Å². The molecule has 1 aromatic heterocycles. The number of aliphatic imine (C=N–C) groups is 1. The van der Waals surface area contributed by atoms with Crippen molar-refractivity contribution >= 4 is 57.7 Å². The Bertz CT molecular complexity index is 1100. The number of rotatable bonds is 4. The second-order valence-corrected chi connectivity index (χ2v) is 9.81. The van der Waals surface area contributed by atoms with E-state index in [1.54, 1.807) is 18.3 Å². The van der Waals surface area contributed by atoms with Crippen LogP contribution in [0.15, 0.2) is 52.1 Å². The Hall–Kier alpha value is -1.73. The lowest BCUT2D eigenvalue weighted by Crippen LogP contribution is -2.36. The fourth-order valence-corrected chi connectivity index (χ4v) is 5.65. The zero-order valence-corrected chi connectivity index (χ0v) is 19.4. The first-order valence-corrected chi connectivity index (χ1v) is 11.2. The number of aliphatic carboxylic acids is 1. The van der Waals surface area contributed by atoms with Gasteiger partial charge in [0.2, 0.25) is 0 Å². The fourth-order valence-electron chi connectivity index (χ4n) is 3.99. The van der Waals surface area contributed by atoms with Gasteiger partial charge in [0.25, 0.3) is 0 Å². The van der Waals surface area contributed by atoms with Crippen LogP contribution in [0.1, 0.15) is 37.9 Å². The average Bonchev–Trinajstić information content (AvgIpc) is 3.17. The molecule has 2 aromatic rings. The molecule has 0 aliphatic carbocycles. The number of benzene rings is 1. The summed E-state index contributed by atoms with van der Waals surface area (Å²) in [7, 11) is 0. The highest BCUT2D eigenvalue weighted by atomic mass is 35.5. The van der Waals surface area contributed by atoms with Crippen LogP contribution in [0.3, 0.4) is 0 Å². The van der Waals surface area contributed by atoms with Crippen molar-refractivity contribution in [3.05, 3.63) is 73.5 Å². The normalized spacial score (nSPS) is 23.2. The number of amidine groups is 1. The molecule has 1 N–H and O–H groups in total. The number of aromatic nitrogens is 1. The van der Waals surface area contributed by atoms with Crippen molar-refractivity contribution in [2.75, 3.05) is 0 Å². The smallest absolute Gasteiger partial charge is 0.344 e. The standard InChI is InChI=1S/C21H18Cl3N3O2S/c1-10(2)16-17(19(28)29)30-20-26-21(3,12-5-7-15(24)25-9-12)18(27(16)20)11-4-6-13(22)14(23)8-11/h4-10,18H,1-3H3,(H,28,29)/t18-,21+/m1/s1. The van der Waals surface area contributed by atoms with Gasteiger partial charge in [-0.3, -0.25) is 0 Å². The molecule has 2 aliphatic heterocycles. The number of carboxylic acids is 1. The van der Waals surface area contributed by atoms with Crippen LogP contribution in [0.4, 0.5) is 0 Å². The summed E-state index contributed by atoms with van der Waals surface area (Å²) in [6.07, 6.45) is 1.71. The van der Waals surface area contributed by atoms with Crippen LogP contribution in [0, 0.1) is 5.92 Å². The van der Waals surface area contributed by atoms with Crippen LogP contribution in [-0.2, 0) is 10.3 Å². The number of allylic oxidation sites excluding steroid dienone is 1. The highest BCUT2D eigenvalue weighted by Gasteiger charge is 2.53. The number of carbonyl (C=O) groups is 1. The molecule has 5 nitrogen and oxygen atoms in total. The molecule has 0 saturated carbocycles. The van der Waals surface area contributed by atoms with E-state index in [4.69, 9.17) is 39.8 Å². The van der Waals surface area contributed by atoms with Crippen LogP contribution in [0.5, 0.6) is 0 Å². The molecule has 3 heterocycles. The van der Waals surface area contributed by atoms with E-state index in [9.17, 15) is 9.90 Å². The molecular weight excluding hydrogens is 465 g/mol. The Morgan fingerprint density at radius 2 is 1.93 bits per heavy atom. The van der Waals surface area contributed by atoms with Crippen LogP contribution >= 0.6 is 46.6 Å². The van der Waals surface area contributed by atoms with Gasteiger partial charge in [-0.15, -0.1) is 0 Å². The van der Waals surface area contributed by atoms with Gasteiger partial charge in [-0.25, -0.2) is 14.8 Å². The van der Waals surface area contributed by atoms with Crippen LogP contribution < -0.4 is 0 Å². The van der Waals surface area contributed by atoms with Crippen molar-refractivity contribution in [3.63, 3.8) is 0 Å². The second kappa shape index (κ2) is 7.75. The monoisotopic (exact) mass is 481 g/mol. The van der Waals surface area contributed by atoms with Crippen molar-refractivity contribution in [3.8, 4) is 0 Å². The number of fused-ring (bicyclic) bond motifs is 1. The molecular formula is C21H18Cl3N3O2S. The third kappa shape index (κ3) is 3.40. The van der Waals surface area contributed by atoms with Gasteiger partial charge in [0.15, 0.2) is 5.17 Å². The van der Waals surface area contributed by atoms with Gasteiger partial charge in [-0.05, 0) is 48.4 Å². The average molecular weight is 483 g/mol. The maximum absolute atomic E-state index is 11.9. The molecule has 4 rings (SSSR count). The quantitative estimate of drug-likeness (QED) is 0.513. The maximum atomic E-state index is 11.9. The van der Waals surface area contributed by atoms with Crippen molar-refractivity contribution in [1.29, 1.82) is 0 Å². The third-order valence-corrected chi connectivity index (χ3v) is 7.34. The van der Waals surface area contributed by atoms with Crippen LogP contribution in [0.25, 0.3) is 0 Å². The number of hydrogen-bond donors (Lipinski definition) is 1. The number of thioether (sulfide) groups is 1. The van der Waals surface area contributed by atoms with Crippen molar-refractivity contribution in [2.45, 2.75) is 32.4 Å². The van der Waals surface area contributed by atoms with Crippen molar-refractivity contribution in [1.82, 2.24) is 9.88 Å². The first kappa shape index (κ1) is 21.5. The molecule has 0 amide bonds. The van der Waals surface area contributed by atoms with Gasteiger partial charge in [-0.1, -0.05) is 60.8 Å². The molecule has 0 bridgehead atoms. The molecule has 0 radical (unpaired) electrons. The Morgan fingerprint density at radius 3 is 2.50 bits per heavy atom. The van der Waals surface area contributed by atoms with Gasteiger partial charge in [0, 0.05) is 17.5 Å². The highest BCUT2D eigenvalue weighted by Crippen LogP contribution is 2.56. The molecule has 0 spiro atoms. The number of nitrogens with zero attached hydrogens (tertiary/aromatic N) is 3. The minimum absolute atomic E-state index is 0.0211. The zero-order chi connectivity index (χ0) is 21.8. The lowest BCUT2D eigenvalue weighted by atomic mass is 9.81. The Labute approximate surface area is 193 Å². The van der Waals surface area contributed by atoms with Gasteiger partial charge < -0.3 is 10.0 Å². The molecule has 2 aliphatic rings. The summed E-state index contributed by atoms with van der Waals surface area (Å²) in [4.78, 5) is 23.5. The number of halogens is 3. The highest BCUT2D eigenvalue weighted by molar-refractivity contribution is 8.18. The summed E-state index contributed by atoms with van der Waals surface area (Å²) in [5.41, 5.74) is 1.74. The summed E-state index contributed by atoms with van der Waals surface area (Å²) in [6, 6.07) is 8.76. The van der Waals surface area contributed by atoms with Gasteiger partial charge in [-0.2, -0.15) is 0 Å². The third-order valence-electron chi connectivity index (χ3n) is 5.32. The molecule has 1 aromatic carbocycles. The summed E-state index contributed by atoms with van der Waals surface area (Å²) < 4.78 is 0. The van der Waals surface area contributed by atoms with E-state index >= 15 is 0 Å². The molecule has 9 heteroatoms. The first-order valence-electron chi connectivity index (χ1n) is 9.25. The summed E-state index contributed by atoms with van der Waals surface area (Å²) in [5.74, 6) is -0.976. The topological polar surface area (TPSA) is 65.8 Å². The number of pyridine rings is 1. The van der Waals surface area contributed by atoms with Crippen LogP contribution in [0.2, 0.25) is 15.2 Å². The van der Waals surface area contributed by atoms with Crippen LogP contribution in [-0.4, -0.2) is 26.1 Å². The summed E-state index contributed by atoms with van der Waals surface area (Å²) in [6.45, 7) is 5.97. The molecule has 30 heavy (non-hydrogen) atoms. The van der Waals surface area contributed by atoms with Gasteiger partial charge in [0.05, 0.1) is 16.1 Å². The molecule has 156 valence electrons. The predicted octanol–water partition coefficient (Wildman–Crippen LogP) is 6.37. The predicted molar refractivity (Wildman–Crippen MR) is 122 cm³/mol. The molecule has 2 atom stereocenters. The van der Waals surface area contributed by atoms with Crippen molar-refractivity contribution in [2.24, 2.45) is 10.9 Å². The fraction of sp³-hybridized carbons (Fsp3) is 0.286. The lowest BCUT2D eigenvalue weighted by Gasteiger charge is -2.37. The minimum atomic E-state index is -0.955. The largest absolute Gasteiger partial charge is 0.477 e. The van der Waals surface area contributed by atoms with E-state index in [0.29, 0.717) is 25.3 Å². The van der Waals surface area contributed by atoms with E-state index in [1.165, 1.54) is 11.8 Å². The van der Waals surface area contributed by atoms with Gasteiger partial charge >= 0.3 is 5.97 Å². The Kier molecular flexibility index (Phi) is 5.56. The minimum Gasteiger partial charge on any atom is -0.477 e. The molecule has 0 saturated heterocycles. The lowest BCUT2D eigenvalue weighted by molar-refractivity contribution is -0.131. The van der Waals surface area contributed by atoms with E-state index < -0.39 is 11.5 Å². The Balaban J connectivity index is 1.94. The Morgan fingerprint density at radius 1 is 1.20 bits per heavy atom.